The highest BCUT2D eigenvalue weighted by molar-refractivity contribution is 5.75. The minimum absolute atomic E-state index is 0.00231. The van der Waals surface area contributed by atoms with Crippen molar-refractivity contribution in [1.82, 2.24) is 5.32 Å². The van der Waals surface area contributed by atoms with Crippen molar-refractivity contribution in [3.63, 3.8) is 0 Å². The molecule has 0 heterocycles. The first-order chi connectivity index (χ1) is 9.38. The van der Waals surface area contributed by atoms with E-state index < -0.39 is 4.65 Å². The lowest BCUT2D eigenvalue weighted by Crippen LogP contribution is -2.52. The lowest BCUT2D eigenvalue weighted by atomic mass is 10.1. The molecule has 1 unspecified atom stereocenters. The Balaban J connectivity index is 3.40. The molecule has 1 N–H and O–H groups in total. The predicted molar refractivity (Wildman–Crippen MR) is 84.9 cm³/mol. The van der Waals surface area contributed by atoms with Gasteiger partial charge in [-0.1, -0.05) is 58.3 Å². The summed E-state index contributed by atoms with van der Waals surface area (Å²) in [5, 5.41) is 14.4. The van der Waals surface area contributed by atoms with Crippen LogP contribution in [0.4, 0.5) is 0 Å². The van der Waals surface area contributed by atoms with Crippen LogP contribution in [0.1, 0.15) is 78.1 Å². The molecule has 0 bridgehead atoms. The maximum atomic E-state index is 11.6. The van der Waals surface area contributed by atoms with Crippen LogP contribution in [0, 0.1) is 5.21 Å². The van der Waals surface area contributed by atoms with E-state index >= 15 is 0 Å². The number of unbranched alkanes of at least 4 members (excludes halogenated alkanes) is 8. The van der Waals surface area contributed by atoms with Gasteiger partial charge >= 0.3 is 0 Å². The van der Waals surface area contributed by atoms with Gasteiger partial charge in [-0.15, -0.1) is 0 Å². The van der Waals surface area contributed by atoms with Gasteiger partial charge in [0.15, 0.2) is 6.17 Å². The number of rotatable bonds is 12. The number of carbonyl (C=O) groups is 1. The van der Waals surface area contributed by atoms with E-state index in [-0.39, 0.29) is 12.1 Å². The molecule has 4 nitrogen and oxygen atoms in total. The molecule has 0 radical (unpaired) electrons. The third-order valence-electron chi connectivity index (χ3n) is 3.81. The minimum Gasteiger partial charge on any atom is -0.632 e. The average Bonchev–Trinajstić information content (AvgIpc) is 2.35. The predicted octanol–water partition coefficient (Wildman–Crippen LogP) is 3.94. The van der Waals surface area contributed by atoms with E-state index in [1.165, 1.54) is 44.9 Å². The van der Waals surface area contributed by atoms with E-state index in [4.69, 9.17) is 0 Å². The van der Waals surface area contributed by atoms with Gasteiger partial charge in [-0.2, -0.15) is 0 Å². The summed E-state index contributed by atoms with van der Waals surface area (Å²) in [5.74, 6) is 0.00231. The molecule has 0 aromatic carbocycles. The first kappa shape index (κ1) is 19.4. The van der Waals surface area contributed by atoms with E-state index in [0.29, 0.717) is 6.42 Å². The zero-order valence-corrected chi connectivity index (χ0v) is 13.9. The van der Waals surface area contributed by atoms with Gasteiger partial charge in [0.1, 0.15) is 0 Å². The van der Waals surface area contributed by atoms with Crippen LogP contribution in [0.2, 0.25) is 0 Å². The summed E-state index contributed by atoms with van der Waals surface area (Å²) in [5.41, 5.74) is 0. The lowest BCUT2D eigenvalue weighted by Gasteiger charge is -2.39. The molecule has 0 rings (SSSR count). The molecule has 20 heavy (non-hydrogen) atoms. The molecule has 4 heteroatoms. The first-order valence-electron chi connectivity index (χ1n) is 8.22. The summed E-state index contributed by atoms with van der Waals surface area (Å²) in [4.78, 5) is 11.6. The van der Waals surface area contributed by atoms with Crippen LogP contribution >= 0.6 is 0 Å². The zero-order chi connectivity index (χ0) is 15.4. The molecule has 0 aliphatic heterocycles. The van der Waals surface area contributed by atoms with E-state index in [2.05, 4.69) is 12.2 Å². The molecule has 0 aromatic rings. The standard InChI is InChI=1S/C16H34N2O2/c1-5-6-7-8-9-10-11-12-13-14-16(19)17-15(2)18(3,4)20/h15H,5-14H2,1-4H3,(H,17,19). The maximum Gasteiger partial charge on any atom is 0.224 e. The van der Waals surface area contributed by atoms with Crippen molar-refractivity contribution in [3.05, 3.63) is 5.21 Å². The monoisotopic (exact) mass is 286 g/mol. The van der Waals surface area contributed by atoms with Gasteiger partial charge < -0.3 is 15.2 Å². The Morgan fingerprint density at radius 1 is 1.00 bits per heavy atom. The molecule has 0 saturated carbocycles. The van der Waals surface area contributed by atoms with Crippen LogP contribution in [-0.4, -0.2) is 30.8 Å². The molecule has 0 fully saturated rings. The Bertz CT molecular complexity index is 249. The molecule has 0 aliphatic carbocycles. The van der Waals surface area contributed by atoms with E-state index in [1.54, 1.807) is 21.0 Å². The minimum atomic E-state index is -0.483. The summed E-state index contributed by atoms with van der Waals surface area (Å²) in [6.45, 7) is 3.99. The smallest absolute Gasteiger partial charge is 0.224 e. The van der Waals surface area contributed by atoms with Gasteiger partial charge in [0.25, 0.3) is 0 Å². The Labute approximate surface area is 125 Å². The zero-order valence-electron chi connectivity index (χ0n) is 13.9. The summed E-state index contributed by atoms with van der Waals surface area (Å²) < 4.78 is -0.483. The van der Waals surface area contributed by atoms with Crippen molar-refractivity contribution >= 4 is 5.91 Å². The van der Waals surface area contributed by atoms with Gasteiger partial charge in [-0.3, -0.25) is 4.79 Å². The van der Waals surface area contributed by atoms with Crippen LogP contribution in [-0.2, 0) is 4.79 Å². The van der Waals surface area contributed by atoms with Crippen molar-refractivity contribution in [2.45, 2.75) is 84.2 Å². The van der Waals surface area contributed by atoms with Crippen molar-refractivity contribution in [2.75, 3.05) is 14.1 Å². The van der Waals surface area contributed by atoms with E-state index in [0.717, 1.165) is 12.8 Å². The van der Waals surface area contributed by atoms with Crippen molar-refractivity contribution < 1.29 is 9.44 Å². The SMILES string of the molecule is CCCCCCCCCCCC(=O)NC(C)[N+](C)(C)[O-]. The molecular formula is C16H34N2O2. The lowest BCUT2D eigenvalue weighted by molar-refractivity contribution is -0.866. The van der Waals surface area contributed by atoms with Gasteiger partial charge in [-0.25, -0.2) is 0 Å². The van der Waals surface area contributed by atoms with Crippen LogP contribution in [0.3, 0.4) is 0 Å². The molecule has 1 amide bonds. The summed E-state index contributed by atoms with van der Waals surface area (Å²) in [6.07, 6.45) is 11.4. The summed E-state index contributed by atoms with van der Waals surface area (Å²) in [6, 6.07) is 0. The number of hydroxylamine groups is 3. The summed E-state index contributed by atoms with van der Waals surface area (Å²) in [7, 11) is 3.09. The number of amides is 1. The fraction of sp³-hybridized carbons (Fsp3) is 0.938. The third-order valence-corrected chi connectivity index (χ3v) is 3.81. The highest BCUT2D eigenvalue weighted by Gasteiger charge is 2.16. The van der Waals surface area contributed by atoms with Crippen LogP contribution in [0.25, 0.3) is 0 Å². The second-order valence-corrected chi connectivity index (χ2v) is 6.26. The van der Waals surface area contributed by atoms with Crippen LogP contribution in [0.15, 0.2) is 0 Å². The van der Waals surface area contributed by atoms with E-state index in [9.17, 15) is 10.0 Å². The number of nitrogens with one attached hydrogen (secondary N) is 1. The highest BCUT2D eigenvalue weighted by Crippen LogP contribution is 2.10. The van der Waals surface area contributed by atoms with Crippen molar-refractivity contribution in [2.24, 2.45) is 0 Å². The maximum absolute atomic E-state index is 11.6. The fourth-order valence-electron chi connectivity index (χ4n) is 2.06. The number of quaternary nitrogens is 1. The topological polar surface area (TPSA) is 52.2 Å². The number of hydrogen-bond donors (Lipinski definition) is 1. The molecular weight excluding hydrogens is 252 g/mol. The molecule has 1 atom stereocenters. The Morgan fingerprint density at radius 3 is 1.90 bits per heavy atom. The largest absolute Gasteiger partial charge is 0.632 e. The number of carbonyl (C=O) groups excluding carboxylic acids is 1. The highest BCUT2D eigenvalue weighted by atomic mass is 16.5. The van der Waals surface area contributed by atoms with E-state index in [1.807, 2.05) is 0 Å². The Kier molecular flexibility index (Phi) is 10.8. The van der Waals surface area contributed by atoms with Crippen molar-refractivity contribution in [1.29, 1.82) is 0 Å². The first-order valence-corrected chi connectivity index (χ1v) is 8.22. The number of hydrogen-bond acceptors (Lipinski definition) is 2. The third kappa shape index (κ3) is 11.2. The second kappa shape index (κ2) is 11.1. The average molecular weight is 286 g/mol. The molecule has 0 aliphatic rings. The molecule has 0 saturated heterocycles. The second-order valence-electron chi connectivity index (χ2n) is 6.26. The van der Waals surface area contributed by atoms with Crippen LogP contribution in [0.5, 0.6) is 0 Å². The number of nitrogens with zero attached hydrogens (tertiary/aromatic N) is 1. The fourth-order valence-corrected chi connectivity index (χ4v) is 2.06. The molecule has 120 valence electrons. The quantitative estimate of drug-likeness (QED) is 0.256. The normalized spacial score (nSPS) is 13.2. The van der Waals surface area contributed by atoms with Gasteiger partial charge in [0.05, 0.1) is 14.1 Å². The molecule has 0 spiro atoms. The Hall–Kier alpha value is -0.610. The molecule has 0 aromatic heterocycles. The van der Waals surface area contributed by atoms with Gasteiger partial charge in [-0.05, 0) is 6.42 Å². The summed E-state index contributed by atoms with van der Waals surface area (Å²) >= 11 is 0. The van der Waals surface area contributed by atoms with Gasteiger partial charge in [0, 0.05) is 13.3 Å². The van der Waals surface area contributed by atoms with Gasteiger partial charge in [0.2, 0.25) is 5.91 Å². The van der Waals surface area contributed by atoms with Crippen molar-refractivity contribution in [3.8, 4) is 0 Å². The van der Waals surface area contributed by atoms with Crippen LogP contribution < -0.4 is 5.32 Å². The Morgan fingerprint density at radius 2 is 1.45 bits per heavy atom.